The number of aromatic nitrogens is 1. The van der Waals surface area contributed by atoms with Crippen LogP contribution in [0.2, 0.25) is 0 Å². The van der Waals surface area contributed by atoms with Crippen molar-refractivity contribution in [1.82, 2.24) is 4.98 Å². The number of carboxylic acids is 1. The van der Waals surface area contributed by atoms with Gasteiger partial charge in [-0.1, -0.05) is 13.0 Å². The molecule has 4 nitrogen and oxygen atoms in total. The standard InChI is InChI=1S/C12H14F2N2O2/c1-8-7-16(6-5-12(8,13)14)10-4-2-3-9(15-10)11(17)18/h2-4,8H,5-7H2,1H3,(H,17,18). The molecule has 1 atom stereocenters. The Morgan fingerprint density at radius 3 is 2.89 bits per heavy atom. The highest BCUT2D eigenvalue weighted by molar-refractivity contribution is 5.85. The Morgan fingerprint density at radius 2 is 2.28 bits per heavy atom. The molecule has 0 bridgehead atoms. The molecule has 0 aliphatic carbocycles. The van der Waals surface area contributed by atoms with Crippen LogP contribution in [0.3, 0.4) is 0 Å². The highest BCUT2D eigenvalue weighted by atomic mass is 19.3. The van der Waals surface area contributed by atoms with E-state index >= 15 is 0 Å². The molecule has 0 radical (unpaired) electrons. The Morgan fingerprint density at radius 1 is 1.56 bits per heavy atom. The third kappa shape index (κ3) is 2.42. The maximum absolute atomic E-state index is 13.4. The first kappa shape index (κ1) is 12.7. The van der Waals surface area contributed by atoms with Gasteiger partial charge in [-0.05, 0) is 12.1 Å². The molecule has 0 saturated carbocycles. The van der Waals surface area contributed by atoms with Gasteiger partial charge in [0.25, 0.3) is 5.92 Å². The van der Waals surface area contributed by atoms with Crippen molar-refractivity contribution in [2.24, 2.45) is 5.92 Å². The molecular weight excluding hydrogens is 242 g/mol. The number of carboxylic acid groups (broad SMARTS) is 1. The fraction of sp³-hybridized carbons (Fsp3) is 0.500. The van der Waals surface area contributed by atoms with E-state index in [1.54, 1.807) is 17.0 Å². The van der Waals surface area contributed by atoms with E-state index < -0.39 is 17.8 Å². The van der Waals surface area contributed by atoms with Crippen molar-refractivity contribution in [3.63, 3.8) is 0 Å². The quantitative estimate of drug-likeness (QED) is 0.881. The van der Waals surface area contributed by atoms with E-state index in [1.807, 2.05) is 0 Å². The number of hydrogen-bond acceptors (Lipinski definition) is 3. The zero-order valence-corrected chi connectivity index (χ0v) is 9.94. The minimum atomic E-state index is -2.65. The number of aromatic carboxylic acids is 1. The summed E-state index contributed by atoms with van der Waals surface area (Å²) in [6, 6.07) is 4.60. The molecule has 18 heavy (non-hydrogen) atoms. The van der Waals surface area contributed by atoms with Crippen LogP contribution in [0, 0.1) is 5.92 Å². The monoisotopic (exact) mass is 256 g/mol. The second-order valence-electron chi connectivity index (χ2n) is 4.54. The summed E-state index contributed by atoms with van der Waals surface area (Å²) in [6.45, 7) is 1.86. The van der Waals surface area contributed by atoms with E-state index in [9.17, 15) is 13.6 Å². The lowest BCUT2D eigenvalue weighted by atomic mass is 9.95. The maximum atomic E-state index is 13.4. The first-order valence-corrected chi connectivity index (χ1v) is 5.73. The zero-order valence-electron chi connectivity index (χ0n) is 9.94. The lowest BCUT2D eigenvalue weighted by molar-refractivity contribution is -0.0652. The summed E-state index contributed by atoms with van der Waals surface area (Å²) in [4.78, 5) is 16.5. The average Bonchev–Trinajstić information content (AvgIpc) is 2.33. The molecule has 1 N–H and O–H groups in total. The largest absolute Gasteiger partial charge is 0.477 e. The number of hydrogen-bond donors (Lipinski definition) is 1. The molecule has 6 heteroatoms. The summed E-state index contributed by atoms with van der Waals surface area (Å²) in [5.74, 6) is -4.09. The van der Waals surface area contributed by atoms with Gasteiger partial charge in [0.05, 0.1) is 0 Å². The number of anilines is 1. The normalized spacial score (nSPS) is 22.8. The molecule has 1 aliphatic heterocycles. The smallest absolute Gasteiger partial charge is 0.354 e. The van der Waals surface area contributed by atoms with Crippen molar-refractivity contribution >= 4 is 11.8 Å². The highest BCUT2D eigenvalue weighted by Gasteiger charge is 2.41. The first-order valence-electron chi connectivity index (χ1n) is 5.73. The lowest BCUT2D eigenvalue weighted by Gasteiger charge is -2.37. The Bertz CT molecular complexity index is 465. The van der Waals surface area contributed by atoms with Gasteiger partial charge in [-0.2, -0.15) is 0 Å². The second kappa shape index (κ2) is 4.51. The summed E-state index contributed by atoms with van der Waals surface area (Å²) in [7, 11) is 0. The van der Waals surface area contributed by atoms with E-state index in [0.29, 0.717) is 5.82 Å². The predicted octanol–water partition coefficient (Wildman–Crippen LogP) is 2.26. The summed E-state index contributed by atoms with van der Waals surface area (Å²) in [5, 5.41) is 8.84. The molecule has 1 fully saturated rings. The molecule has 0 aromatic carbocycles. The average molecular weight is 256 g/mol. The number of nitrogens with zero attached hydrogens (tertiary/aromatic N) is 2. The number of rotatable bonds is 2. The number of piperidine rings is 1. The summed E-state index contributed by atoms with van der Waals surface area (Å²) >= 11 is 0. The number of halogens is 2. The van der Waals surface area contributed by atoms with Crippen molar-refractivity contribution in [3.8, 4) is 0 Å². The molecule has 1 unspecified atom stereocenters. The Hall–Kier alpha value is -1.72. The van der Waals surface area contributed by atoms with Gasteiger partial charge in [0.1, 0.15) is 5.82 Å². The van der Waals surface area contributed by atoms with Gasteiger partial charge in [0.15, 0.2) is 5.69 Å². The van der Waals surface area contributed by atoms with Crippen LogP contribution >= 0.6 is 0 Å². The molecule has 98 valence electrons. The van der Waals surface area contributed by atoms with Crippen molar-refractivity contribution in [3.05, 3.63) is 23.9 Å². The molecule has 1 aliphatic rings. The highest BCUT2D eigenvalue weighted by Crippen LogP contribution is 2.34. The van der Waals surface area contributed by atoms with Gasteiger partial charge < -0.3 is 10.0 Å². The number of carbonyl (C=O) groups is 1. The van der Waals surface area contributed by atoms with E-state index in [1.165, 1.54) is 13.0 Å². The van der Waals surface area contributed by atoms with Crippen LogP contribution in [0.5, 0.6) is 0 Å². The fourth-order valence-corrected chi connectivity index (χ4v) is 2.01. The molecule has 1 aromatic rings. The van der Waals surface area contributed by atoms with E-state index in [-0.39, 0.29) is 25.2 Å². The van der Waals surface area contributed by atoms with E-state index in [0.717, 1.165) is 0 Å². The van der Waals surface area contributed by atoms with Crippen molar-refractivity contribution in [1.29, 1.82) is 0 Å². The number of alkyl halides is 2. The van der Waals surface area contributed by atoms with Crippen molar-refractivity contribution in [2.75, 3.05) is 18.0 Å². The zero-order chi connectivity index (χ0) is 13.3. The molecule has 0 spiro atoms. The van der Waals surface area contributed by atoms with Crippen LogP contribution in [0.15, 0.2) is 18.2 Å². The molecule has 0 amide bonds. The SMILES string of the molecule is CC1CN(c2cccc(C(=O)O)n2)CCC1(F)F. The fourth-order valence-electron chi connectivity index (χ4n) is 2.01. The molecular formula is C12H14F2N2O2. The Kier molecular flexibility index (Phi) is 3.19. The van der Waals surface area contributed by atoms with Gasteiger partial charge in [-0.15, -0.1) is 0 Å². The third-order valence-corrected chi connectivity index (χ3v) is 3.21. The van der Waals surface area contributed by atoms with Gasteiger partial charge >= 0.3 is 5.97 Å². The van der Waals surface area contributed by atoms with Crippen LogP contribution < -0.4 is 4.90 Å². The topological polar surface area (TPSA) is 53.4 Å². The number of pyridine rings is 1. The predicted molar refractivity (Wildman–Crippen MR) is 62.1 cm³/mol. The van der Waals surface area contributed by atoms with Crippen LogP contribution in [0.1, 0.15) is 23.8 Å². The van der Waals surface area contributed by atoms with E-state index in [4.69, 9.17) is 5.11 Å². The molecule has 2 heterocycles. The minimum Gasteiger partial charge on any atom is -0.477 e. The summed E-state index contributed by atoms with van der Waals surface area (Å²) in [5.41, 5.74) is -0.0718. The van der Waals surface area contributed by atoms with Crippen LogP contribution in [-0.2, 0) is 0 Å². The van der Waals surface area contributed by atoms with Crippen molar-refractivity contribution in [2.45, 2.75) is 19.3 Å². The van der Waals surface area contributed by atoms with Crippen LogP contribution in [0.4, 0.5) is 14.6 Å². The van der Waals surface area contributed by atoms with Gasteiger partial charge in [-0.25, -0.2) is 18.6 Å². The minimum absolute atomic E-state index is 0.0718. The van der Waals surface area contributed by atoms with Crippen molar-refractivity contribution < 1.29 is 18.7 Å². The first-order chi connectivity index (χ1) is 8.40. The molecule has 2 rings (SSSR count). The molecule has 1 aromatic heterocycles. The Labute approximate surface area is 103 Å². The third-order valence-electron chi connectivity index (χ3n) is 3.21. The van der Waals surface area contributed by atoms with E-state index in [2.05, 4.69) is 4.98 Å². The van der Waals surface area contributed by atoms with Gasteiger partial charge in [0.2, 0.25) is 0 Å². The lowest BCUT2D eigenvalue weighted by Crippen LogP contribution is -2.46. The van der Waals surface area contributed by atoms with Gasteiger partial charge in [-0.3, -0.25) is 0 Å². The molecule has 1 saturated heterocycles. The maximum Gasteiger partial charge on any atom is 0.354 e. The summed E-state index contributed by atoms with van der Waals surface area (Å²) in [6.07, 6.45) is -0.229. The second-order valence-corrected chi connectivity index (χ2v) is 4.54. The van der Waals surface area contributed by atoms with Gasteiger partial charge in [0, 0.05) is 25.4 Å². The summed E-state index contributed by atoms with van der Waals surface area (Å²) < 4.78 is 26.7. The van der Waals surface area contributed by atoms with Crippen LogP contribution in [-0.4, -0.2) is 35.1 Å². The Balaban J connectivity index is 2.18. The van der Waals surface area contributed by atoms with Crippen LogP contribution in [0.25, 0.3) is 0 Å².